The molecule has 0 radical (unpaired) electrons. The summed E-state index contributed by atoms with van der Waals surface area (Å²) in [6.07, 6.45) is 26.3. The molecule has 0 spiro atoms. The number of fused-ring (bicyclic) bond motifs is 20. The molecule has 0 unspecified atom stereocenters. The third-order valence-corrected chi connectivity index (χ3v) is 28.8. The van der Waals surface area contributed by atoms with E-state index >= 15 is 0 Å². The number of thiophene rings is 8. The summed E-state index contributed by atoms with van der Waals surface area (Å²) in [5, 5.41) is 3.60. The molecule has 17 heteroatoms. The zero-order valence-corrected chi connectivity index (χ0v) is 72.6. The monoisotopic (exact) mass is 1620 g/mol. The van der Waals surface area contributed by atoms with Gasteiger partial charge in [-0.1, -0.05) is 196 Å². The van der Waals surface area contributed by atoms with E-state index < -0.39 is 0 Å². The van der Waals surface area contributed by atoms with Gasteiger partial charge in [0.1, 0.15) is 0 Å². The molecule has 0 aliphatic carbocycles. The molecule has 8 bridgehead atoms. The van der Waals surface area contributed by atoms with Gasteiger partial charge in [0.05, 0.1) is 23.3 Å². The van der Waals surface area contributed by atoms with Crippen LogP contribution >= 0.6 is 90.7 Å². The first-order valence-electron chi connectivity index (χ1n) is 38.3. The first-order valence-corrected chi connectivity index (χ1v) is 44.9. The van der Waals surface area contributed by atoms with E-state index in [-0.39, 0.29) is 19.5 Å². The Morgan fingerprint density at radius 3 is 0.870 bits per heavy atom. The van der Waals surface area contributed by atoms with Crippen LogP contribution in [0.1, 0.15) is 165 Å². The standard InChI is InChI=1S/C46H32N8S2.3C15H20S2.Zn/c1-2-3-4-5-13-26-22-23-36(55-26)37-25-24-35(56-37)33-20-12-21-34-38(33)46-53-44-32-19-11-10-18-31(32)42(51-44)49-40-28-15-7-6-14-27(28)39(47-40)48-41-29-16-8-9-17-30(29)43(50-41)52-45(34)54-46;3*1-3-4-5-6-7-13-9-11-15(17-13)14-10-8-12(2)16-14;/h6-12,14-25H,2-5,13H2,1H3;3*8-11H,3-7H2,1-2H3;/q-2;;;;+2. The summed E-state index contributed by atoms with van der Waals surface area (Å²) in [4.78, 5) is 63.3. The Hall–Kier alpha value is -7.54. The Morgan fingerprint density at radius 1 is 0.241 bits per heavy atom. The third kappa shape index (κ3) is 19.4. The van der Waals surface area contributed by atoms with Crippen molar-refractivity contribution in [3.63, 3.8) is 0 Å². The normalized spacial score (nSPS) is 11.4. The molecule has 8 nitrogen and oxygen atoms in total. The third-order valence-electron chi connectivity index (χ3n) is 19.3. The maximum Gasteiger partial charge on any atom is 2.00 e. The van der Waals surface area contributed by atoms with E-state index in [9.17, 15) is 0 Å². The van der Waals surface area contributed by atoms with Gasteiger partial charge in [-0.05, 0) is 185 Å². The molecule has 0 fully saturated rings. The van der Waals surface area contributed by atoms with Crippen LogP contribution < -0.4 is 9.97 Å². The summed E-state index contributed by atoms with van der Waals surface area (Å²) in [5.41, 5.74) is 6.80. The van der Waals surface area contributed by atoms with Gasteiger partial charge in [0, 0.05) is 134 Å². The molecule has 13 heterocycles. The van der Waals surface area contributed by atoms with Crippen molar-refractivity contribution in [2.75, 3.05) is 0 Å². The topological polar surface area (TPSA) is 106 Å². The smallest absolute Gasteiger partial charge is 0.357 e. The van der Waals surface area contributed by atoms with Crippen molar-refractivity contribution in [1.29, 1.82) is 0 Å². The second kappa shape index (κ2) is 38.4. The van der Waals surface area contributed by atoms with E-state index in [4.69, 9.17) is 39.9 Å². The van der Waals surface area contributed by atoms with Crippen LogP contribution in [0.15, 0.2) is 188 Å². The van der Waals surface area contributed by atoms with Crippen LogP contribution in [0.2, 0.25) is 0 Å². The molecule has 0 saturated carbocycles. The van der Waals surface area contributed by atoms with Crippen molar-refractivity contribution in [2.45, 2.75) is 177 Å². The van der Waals surface area contributed by atoms with Gasteiger partial charge >= 0.3 is 19.5 Å². The quantitative estimate of drug-likeness (QED) is 0.0412. The van der Waals surface area contributed by atoms with Gasteiger partial charge in [-0.2, -0.15) is 0 Å². The van der Waals surface area contributed by atoms with Crippen LogP contribution in [-0.2, 0) is 45.2 Å². The second-order valence-electron chi connectivity index (χ2n) is 27.5. The molecule has 11 aromatic heterocycles. The molecule has 17 rings (SSSR count). The summed E-state index contributed by atoms with van der Waals surface area (Å²) in [5.74, 6) is 2.18. The minimum atomic E-state index is 0. The Bertz CT molecular complexity index is 5390. The molecule has 108 heavy (non-hydrogen) atoms. The second-order valence-corrected chi connectivity index (χ2v) is 37.2. The Morgan fingerprint density at radius 2 is 0.519 bits per heavy atom. The average Bonchev–Trinajstić information content (AvgIpc) is 1.59. The van der Waals surface area contributed by atoms with Gasteiger partial charge in [0.15, 0.2) is 0 Å². The largest absolute Gasteiger partial charge is 2.00 e. The van der Waals surface area contributed by atoms with E-state index in [2.05, 4.69) is 164 Å². The number of benzene rings is 4. The predicted molar refractivity (Wildman–Crippen MR) is 469 cm³/mol. The van der Waals surface area contributed by atoms with Crippen molar-refractivity contribution in [2.24, 2.45) is 0 Å². The number of unbranched alkanes of at least 4 members (excludes halogenated alkanes) is 12. The number of rotatable bonds is 25. The molecule has 0 amide bonds. The van der Waals surface area contributed by atoms with Crippen LogP contribution in [0.25, 0.3) is 139 Å². The van der Waals surface area contributed by atoms with E-state index in [0.717, 1.165) is 60.7 Å². The van der Waals surface area contributed by atoms with Gasteiger partial charge in [0.2, 0.25) is 0 Å². The zero-order chi connectivity index (χ0) is 73.4. The zero-order valence-electron chi connectivity index (χ0n) is 63.1. The summed E-state index contributed by atoms with van der Waals surface area (Å²) >= 11 is 15.3. The molecule has 2 aliphatic heterocycles. The van der Waals surface area contributed by atoms with E-state index in [1.165, 1.54) is 181 Å². The first-order chi connectivity index (χ1) is 52.6. The van der Waals surface area contributed by atoms with Gasteiger partial charge in [-0.15, -0.1) is 90.7 Å². The molecule has 2 aliphatic rings. The van der Waals surface area contributed by atoms with Crippen LogP contribution in [0.5, 0.6) is 0 Å². The number of aromatic nitrogens is 8. The van der Waals surface area contributed by atoms with Gasteiger partial charge in [-0.3, -0.25) is 0 Å². The van der Waals surface area contributed by atoms with Crippen molar-refractivity contribution >= 4 is 135 Å². The van der Waals surface area contributed by atoms with Crippen molar-refractivity contribution < 1.29 is 19.5 Å². The Balaban J connectivity index is 0.000000160. The molecule has 0 atom stereocenters. The average molecular weight is 1620 g/mol. The summed E-state index contributed by atoms with van der Waals surface area (Å²) in [6.45, 7) is 15.6. The fraction of sp³-hybridized carbons (Fsp3) is 0.297. The maximum atomic E-state index is 5.25. The molecule has 15 aromatic rings. The fourth-order valence-electron chi connectivity index (χ4n) is 13.6. The summed E-state index contributed by atoms with van der Waals surface area (Å²) < 4.78 is 0. The first kappa shape index (κ1) is 78.6. The van der Waals surface area contributed by atoms with Crippen molar-refractivity contribution in [1.82, 2.24) is 39.9 Å². The predicted octanol–water partition coefficient (Wildman–Crippen LogP) is 29.4. The minimum absolute atomic E-state index is 0. The molecule has 4 aromatic carbocycles. The number of hydrogen-bond donors (Lipinski definition) is 0. The van der Waals surface area contributed by atoms with Gasteiger partial charge in [-0.25, -0.2) is 9.97 Å². The summed E-state index contributed by atoms with van der Waals surface area (Å²) in [6, 6.07) is 66.6. The van der Waals surface area contributed by atoms with Crippen molar-refractivity contribution in [3.05, 3.63) is 222 Å². The van der Waals surface area contributed by atoms with Gasteiger partial charge < -0.3 is 29.9 Å². The molecule has 0 N–H and O–H groups in total. The number of aryl methyl sites for hydroxylation is 7. The van der Waals surface area contributed by atoms with E-state index in [1.807, 2.05) is 152 Å². The maximum absolute atomic E-state index is 5.25. The Labute approximate surface area is 681 Å². The Kier molecular flexibility index (Phi) is 27.9. The van der Waals surface area contributed by atoms with Crippen LogP contribution in [0.4, 0.5) is 0 Å². The van der Waals surface area contributed by atoms with Crippen molar-refractivity contribution in [3.8, 4) is 95.0 Å². The number of hydrogen-bond acceptors (Lipinski definition) is 14. The summed E-state index contributed by atoms with van der Waals surface area (Å²) in [7, 11) is 0. The van der Waals surface area contributed by atoms with Gasteiger partial charge in [0.25, 0.3) is 0 Å². The molecular weight excluding hydrogens is 1530 g/mol. The van der Waals surface area contributed by atoms with Crippen LogP contribution in [0.3, 0.4) is 0 Å². The SMILES string of the molecule is CCCCCCc1ccc(-c2ccc(-c3cccc4c5nc6nc(nc7[n-]c(nc8nc(nc([n-]5)c34)-c3ccccc3-8)c3ccccc73)-c3ccccc3-6)s2)s1.CCCCCCc1ccc(-c2ccc(C)s2)s1.CCCCCCc1ccc(-c2ccc(C)s2)s1.CCCCCCc1ccc(-c2ccc(C)s2)s1.[Zn+2]. The number of nitrogens with zero attached hydrogens (tertiary/aromatic N) is 8. The van der Waals surface area contributed by atoms with Crippen LogP contribution in [-0.4, -0.2) is 29.9 Å². The minimum Gasteiger partial charge on any atom is -0.357 e. The van der Waals surface area contributed by atoms with Crippen LogP contribution in [0, 0.1) is 20.8 Å². The fourth-order valence-corrected chi connectivity index (χ4v) is 21.8. The molecule has 546 valence electrons. The molecule has 0 saturated heterocycles. The van der Waals surface area contributed by atoms with E-state index in [1.54, 1.807) is 26.0 Å². The van der Waals surface area contributed by atoms with E-state index in [0.29, 0.717) is 45.9 Å². The molecular formula is C91H92N8S8Zn.